The van der Waals surface area contributed by atoms with E-state index in [0.717, 1.165) is 17.5 Å². The molecule has 1 saturated heterocycles. The van der Waals surface area contributed by atoms with Gasteiger partial charge in [-0.25, -0.2) is 0 Å². The third-order valence-corrected chi connectivity index (χ3v) is 5.24. The Morgan fingerprint density at radius 2 is 1.86 bits per heavy atom. The Morgan fingerprint density at radius 3 is 2.55 bits per heavy atom. The molecule has 1 N–H and O–H groups in total. The van der Waals surface area contributed by atoms with Crippen LogP contribution in [0.25, 0.3) is 0 Å². The Balaban J connectivity index is 1.79. The highest BCUT2D eigenvalue weighted by atomic mass is 32.2. The minimum atomic E-state index is 0.0748. The molecule has 1 aliphatic heterocycles. The molecular weight excluding hydrogens is 294 g/mol. The first-order chi connectivity index (χ1) is 10.6. The van der Waals surface area contributed by atoms with Gasteiger partial charge < -0.3 is 10.0 Å². The Labute approximate surface area is 135 Å². The summed E-state index contributed by atoms with van der Waals surface area (Å²) in [6.45, 7) is 2.09. The molecule has 0 radical (unpaired) electrons. The van der Waals surface area contributed by atoms with E-state index in [4.69, 9.17) is 0 Å². The molecule has 114 valence electrons. The lowest BCUT2D eigenvalue weighted by Crippen LogP contribution is -2.36. The number of phenolic OH excluding ortho intramolecular Hbond substituents is 1. The standard InChI is InChI=1S/C18H19NO2S/c1-13(15-5-3-2-4-6-15)19-17(21)12-22-18(19)11-14-7-9-16(20)10-8-14/h2-10,13,18,20H,11-12H2,1H3. The van der Waals surface area contributed by atoms with Crippen LogP contribution in [-0.4, -0.2) is 27.0 Å². The molecule has 1 fully saturated rings. The second-order valence-electron chi connectivity index (χ2n) is 5.52. The quantitative estimate of drug-likeness (QED) is 0.937. The lowest BCUT2D eigenvalue weighted by Gasteiger charge is -2.30. The number of thioether (sulfide) groups is 1. The van der Waals surface area contributed by atoms with Gasteiger partial charge in [0, 0.05) is 6.42 Å². The number of carbonyl (C=O) groups excluding carboxylic acids is 1. The van der Waals surface area contributed by atoms with Crippen molar-refractivity contribution in [2.24, 2.45) is 0 Å². The first-order valence-corrected chi connectivity index (χ1v) is 8.45. The summed E-state index contributed by atoms with van der Waals surface area (Å²) in [7, 11) is 0. The average Bonchev–Trinajstić information content (AvgIpc) is 2.90. The second-order valence-corrected chi connectivity index (χ2v) is 6.69. The summed E-state index contributed by atoms with van der Waals surface area (Å²) in [6, 6.07) is 17.5. The first-order valence-electron chi connectivity index (χ1n) is 7.41. The molecule has 2 aromatic rings. The van der Waals surface area contributed by atoms with Crippen molar-refractivity contribution in [3.63, 3.8) is 0 Å². The zero-order chi connectivity index (χ0) is 15.5. The SMILES string of the molecule is CC(c1ccccc1)N1C(=O)CSC1Cc1ccc(O)cc1. The number of amides is 1. The maximum atomic E-state index is 12.3. The van der Waals surface area contributed by atoms with E-state index < -0.39 is 0 Å². The smallest absolute Gasteiger partial charge is 0.234 e. The van der Waals surface area contributed by atoms with E-state index in [0.29, 0.717) is 5.75 Å². The fourth-order valence-electron chi connectivity index (χ4n) is 2.83. The van der Waals surface area contributed by atoms with Crippen LogP contribution in [0.2, 0.25) is 0 Å². The van der Waals surface area contributed by atoms with E-state index in [1.807, 2.05) is 35.2 Å². The lowest BCUT2D eigenvalue weighted by molar-refractivity contribution is -0.130. The van der Waals surface area contributed by atoms with Gasteiger partial charge in [-0.3, -0.25) is 4.79 Å². The van der Waals surface area contributed by atoms with E-state index >= 15 is 0 Å². The first kappa shape index (κ1) is 15.0. The minimum absolute atomic E-state index is 0.0748. The van der Waals surface area contributed by atoms with Gasteiger partial charge >= 0.3 is 0 Å². The summed E-state index contributed by atoms with van der Waals surface area (Å²) in [5, 5.41) is 9.52. The third kappa shape index (κ3) is 3.12. The van der Waals surface area contributed by atoms with Crippen LogP contribution in [0.1, 0.15) is 24.1 Å². The second kappa shape index (κ2) is 6.44. The molecule has 0 bridgehead atoms. The summed E-state index contributed by atoms with van der Waals surface area (Å²) >= 11 is 1.69. The molecule has 0 aliphatic carbocycles. The highest BCUT2D eigenvalue weighted by Crippen LogP contribution is 2.35. The van der Waals surface area contributed by atoms with Crippen LogP contribution in [0.4, 0.5) is 0 Å². The Bertz CT molecular complexity index is 642. The van der Waals surface area contributed by atoms with Crippen LogP contribution in [0.5, 0.6) is 5.75 Å². The Morgan fingerprint density at radius 1 is 1.18 bits per heavy atom. The van der Waals surface area contributed by atoms with Gasteiger partial charge in [-0.2, -0.15) is 0 Å². The van der Waals surface area contributed by atoms with Gasteiger partial charge in [-0.05, 0) is 30.2 Å². The average molecular weight is 313 g/mol. The van der Waals surface area contributed by atoms with E-state index in [9.17, 15) is 9.90 Å². The summed E-state index contributed by atoms with van der Waals surface area (Å²) in [4.78, 5) is 14.3. The van der Waals surface area contributed by atoms with Gasteiger partial charge in [0.25, 0.3) is 0 Å². The molecule has 0 aromatic heterocycles. The highest BCUT2D eigenvalue weighted by molar-refractivity contribution is 8.01. The van der Waals surface area contributed by atoms with Crippen molar-refractivity contribution in [3.8, 4) is 5.75 Å². The molecule has 1 aliphatic rings. The molecule has 22 heavy (non-hydrogen) atoms. The molecule has 1 amide bonds. The zero-order valence-electron chi connectivity index (χ0n) is 12.5. The number of hydrogen-bond donors (Lipinski definition) is 1. The van der Waals surface area contributed by atoms with Crippen LogP contribution in [0.15, 0.2) is 54.6 Å². The van der Waals surface area contributed by atoms with Crippen molar-refractivity contribution >= 4 is 17.7 Å². The topological polar surface area (TPSA) is 40.5 Å². The monoisotopic (exact) mass is 313 g/mol. The molecule has 4 heteroatoms. The third-order valence-electron chi connectivity index (χ3n) is 4.04. The fraction of sp³-hybridized carbons (Fsp3) is 0.278. The lowest BCUT2D eigenvalue weighted by atomic mass is 10.1. The van der Waals surface area contributed by atoms with Gasteiger partial charge in [-0.15, -0.1) is 11.8 Å². The minimum Gasteiger partial charge on any atom is -0.508 e. The molecule has 0 spiro atoms. The van der Waals surface area contributed by atoms with Gasteiger partial charge in [0.05, 0.1) is 17.2 Å². The largest absolute Gasteiger partial charge is 0.508 e. The summed E-state index contributed by atoms with van der Waals surface area (Å²) in [5.41, 5.74) is 2.30. The summed E-state index contributed by atoms with van der Waals surface area (Å²) in [6.07, 6.45) is 0.799. The molecule has 2 unspecified atom stereocenters. The van der Waals surface area contributed by atoms with Gasteiger partial charge in [-0.1, -0.05) is 42.5 Å². The number of benzene rings is 2. The van der Waals surface area contributed by atoms with Crippen molar-refractivity contribution in [1.29, 1.82) is 0 Å². The molecule has 3 nitrogen and oxygen atoms in total. The van der Waals surface area contributed by atoms with Gasteiger partial charge in [0.1, 0.15) is 5.75 Å². The van der Waals surface area contributed by atoms with Crippen molar-refractivity contribution in [2.75, 3.05) is 5.75 Å². The molecule has 3 rings (SSSR count). The van der Waals surface area contributed by atoms with Crippen LogP contribution >= 0.6 is 11.8 Å². The Hall–Kier alpha value is -1.94. The predicted octanol–water partition coefficient (Wildman–Crippen LogP) is 3.60. The van der Waals surface area contributed by atoms with E-state index in [-0.39, 0.29) is 23.1 Å². The van der Waals surface area contributed by atoms with Crippen molar-refractivity contribution in [3.05, 3.63) is 65.7 Å². The molecule has 1 heterocycles. The maximum Gasteiger partial charge on any atom is 0.234 e. The zero-order valence-corrected chi connectivity index (χ0v) is 13.3. The number of nitrogens with zero attached hydrogens (tertiary/aromatic N) is 1. The molecule has 2 aromatic carbocycles. The van der Waals surface area contributed by atoms with E-state index in [2.05, 4.69) is 19.1 Å². The fourth-order valence-corrected chi connectivity index (χ4v) is 4.09. The van der Waals surface area contributed by atoms with E-state index in [1.165, 1.54) is 0 Å². The van der Waals surface area contributed by atoms with E-state index in [1.54, 1.807) is 23.9 Å². The number of carbonyl (C=O) groups is 1. The highest BCUT2D eigenvalue weighted by Gasteiger charge is 2.35. The van der Waals surface area contributed by atoms with Gasteiger partial charge in [0.15, 0.2) is 0 Å². The predicted molar refractivity (Wildman–Crippen MR) is 89.8 cm³/mol. The molecule has 0 saturated carbocycles. The molecular formula is C18H19NO2S. The van der Waals surface area contributed by atoms with Crippen molar-refractivity contribution < 1.29 is 9.90 Å². The maximum absolute atomic E-state index is 12.3. The normalized spacial score (nSPS) is 19.4. The molecule has 2 atom stereocenters. The van der Waals surface area contributed by atoms with Crippen molar-refractivity contribution in [2.45, 2.75) is 24.8 Å². The number of phenols is 1. The van der Waals surface area contributed by atoms with Crippen LogP contribution in [0, 0.1) is 0 Å². The summed E-state index contributed by atoms with van der Waals surface area (Å²) < 4.78 is 0. The number of aromatic hydroxyl groups is 1. The van der Waals surface area contributed by atoms with Crippen LogP contribution in [-0.2, 0) is 11.2 Å². The summed E-state index contributed by atoms with van der Waals surface area (Å²) in [5.74, 6) is 1.01. The number of rotatable bonds is 4. The number of hydrogen-bond acceptors (Lipinski definition) is 3. The van der Waals surface area contributed by atoms with Crippen LogP contribution in [0.3, 0.4) is 0 Å². The Kier molecular flexibility index (Phi) is 4.39. The van der Waals surface area contributed by atoms with Crippen LogP contribution < -0.4 is 0 Å². The van der Waals surface area contributed by atoms with Crippen molar-refractivity contribution in [1.82, 2.24) is 4.90 Å². The van der Waals surface area contributed by atoms with Gasteiger partial charge in [0.2, 0.25) is 5.91 Å².